The summed E-state index contributed by atoms with van der Waals surface area (Å²) >= 11 is 0. The fourth-order valence-electron chi connectivity index (χ4n) is 2.59. The second-order valence-corrected chi connectivity index (χ2v) is 6.18. The third kappa shape index (κ3) is 5.41. The summed E-state index contributed by atoms with van der Waals surface area (Å²) in [7, 11) is 1.50. The molecule has 8 heteroatoms. The van der Waals surface area contributed by atoms with Crippen LogP contribution in [0.4, 0.5) is 5.69 Å². The van der Waals surface area contributed by atoms with E-state index >= 15 is 0 Å². The summed E-state index contributed by atoms with van der Waals surface area (Å²) in [4.78, 5) is 22.4. The van der Waals surface area contributed by atoms with Crippen molar-refractivity contribution in [2.75, 3.05) is 7.11 Å². The molecule has 0 radical (unpaired) electrons. The zero-order chi connectivity index (χ0) is 21.3. The van der Waals surface area contributed by atoms with Gasteiger partial charge >= 0.3 is 0 Å². The van der Waals surface area contributed by atoms with E-state index in [1.54, 1.807) is 60.7 Å². The molecular weight excluding hydrogens is 386 g/mol. The first-order valence-corrected chi connectivity index (χ1v) is 8.99. The van der Waals surface area contributed by atoms with Crippen molar-refractivity contribution in [3.63, 3.8) is 0 Å². The van der Waals surface area contributed by atoms with E-state index in [2.05, 4.69) is 10.5 Å². The van der Waals surface area contributed by atoms with Gasteiger partial charge < -0.3 is 9.47 Å². The van der Waals surface area contributed by atoms with Crippen LogP contribution >= 0.6 is 0 Å². The molecule has 0 unspecified atom stereocenters. The minimum atomic E-state index is -0.441. The highest BCUT2D eigenvalue weighted by atomic mass is 16.6. The van der Waals surface area contributed by atoms with Crippen molar-refractivity contribution in [2.45, 2.75) is 6.61 Å². The molecule has 0 atom stereocenters. The summed E-state index contributed by atoms with van der Waals surface area (Å²) in [6.45, 7) is 0.292. The van der Waals surface area contributed by atoms with Crippen LogP contribution in [-0.2, 0) is 6.61 Å². The van der Waals surface area contributed by atoms with Crippen molar-refractivity contribution in [1.29, 1.82) is 0 Å². The van der Waals surface area contributed by atoms with Gasteiger partial charge in [-0.05, 0) is 59.7 Å². The Balaban J connectivity index is 1.52. The normalized spacial score (nSPS) is 10.6. The number of amides is 1. The summed E-state index contributed by atoms with van der Waals surface area (Å²) < 4.78 is 10.8. The first-order chi connectivity index (χ1) is 14.6. The Morgan fingerprint density at radius 2 is 1.77 bits per heavy atom. The van der Waals surface area contributed by atoms with E-state index in [9.17, 15) is 14.9 Å². The summed E-state index contributed by atoms with van der Waals surface area (Å²) in [5.41, 5.74) is 4.50. The van der Waals surface area contributed by atoms with Gasteiger partial charge in [-0.2, -0.15) is 5.10 Å². The first-order valence-electron chi connectivity index (χ1n) is 8.99. The lowest BCUT2D eigenvalue weighted by atomic mass is 10.2. The van der Waals surface area contributed by atoms with Gasteiger partial charge in [0.05, 0.1) is 23.8 Å². The number of hydrazone groups is 1. The largest absolute Gasteiger partial charge is 0.496 e. The molecular formula is C22H19N3O5. The molecule has 0 aromatic heterocycles. The highest BCUT2D eigenvalue weighted by molar-refractivity contribution is 5.97. The molecule has 0 bridgehead atoms. The van der Waals surface area contributed by atoms with Crippen LogP contribution in [0.25, 0.3) is 0 Å². The number of nitrogens with one attached hydrogen (secondary N) is 1. The molecule has 3 aromatic rings. The molecule has 0 aliphatic heterocycles. The van der Waals surface area contributed by atoms with Crippen LogP contribution in [0.2, 0.25) is 0 Å². The van der Waals surface area contributed by atoms with Gasteiger partial charge in [0.15, 0.2) is 0 Å². The molecule has 152 valence electrons. The fourth-order valence-corrected chi connectivity index (χ4v) is 2.59. The van der Waals surface area contributed by atoms with Crippen molar-refractivity contribution < 1.29 is 19.2 Å². The number of rotatable bonds is 8. The first kappa shape index (κ1) is 20.5. The maximum Gasteiger partial charge on any atom is 0.275 e. The van der Waals surface area contributed by atoms with E-state index in [0.717, 1.165) is 11.1 Å². The fraction of sp³-hybridized carbons (Fsp3) is 0.0909. The van der Waals surface area contributed by atoms with Gasteiger partial charge in [-0.15, -0.1) is 0 Å². The van der Waals surface area contributed by atoms with Crippen LogP contribution < -0.4 is 14.9 Å². The summed E-state index contributed by atoms with van der Waals surface area (Å²) in [6.07, 6.45) is 1.52. The summed E-state index contributed by atoms with van der Waals surface area (Å²) in [5, 5.41) is 14.6. The van der Waals surface area contributed by atoms with Crippen LogP contribution in [0.5, 0.6) is 11.5 Å². The van der Waals surface area contributed by atoms with Gasteiger partial charge in [-0.3, -0.25) is 14.9 Å². The van der Waals surface area contributed by atoms with E-state index in [0.29, 0.717) is 23.7 Å². The smallest absolute Gasteiger partial charge is 0.275 e. The molecule has 0 spiro atoms. The number of non-ortho nitro benzene ring substituents is 1. The van der Waals surface area contributed by atoms with Gasteiger partial charge in [-0.25, -0.2) is 5.43 Å². The Morgan fingerprint density at radius 3 is 2.43 bits per heavy atom. The van der Waals surface area contributed by atoms with Gasteiger partial charge in [0.25, 0.3) is 11.6 Å². The molecule has 3 rings (SSSR count). The highest BCUT2D eigenvalue weighted by Gasteiger charge is 2.10. The minimum Gasteiger partial charge on any atom is -0.496 e. The molecule has 3 aromatic carbocycles. The lowest BCUT2D eigenvalue weighted by molar-refractivity contribution is -0.384. The van der Waals surface area contributed by atoms with Crippen LogP contribution in [0.1, 0.15) is 21.5 Å². The van der Waals surface area contributed by atoms with Crippen LogP contribution in [0, 0.1) is 10.1 Å². The number of carbonyl (C=O) groups excluding carboxylic acids is 1. The number of methoxy groups -OCH3 is 1. The predicted molar refractivity (Wildman–Crippen MR) is 112 cm³/mol. The lowest BCUT2D eigenvalue weighted by Crippen LogP contribution is -2.18. The molecule has 0 aliphatic rings. The lowest BCUT2D eigenvalue weighted by Gasteiger charge is -2.07. The second-order valence-electron chi connectivity index (χ2n) is 6.18. The van der Waals surface area contributed by atoms with Gasteiger partial charge in [0, 0.05) is 12.1 Å². The van der Waals surface area contributed by atoms with Crippen LogP contribution in [0.15, 0.2) is 77.9 Å². The average molecular weight is 405 g/mol. The third-order valence-corrected chi connectivity index (χ3v) is 4.16. The average Bonchev–Trinajstić information content (AvgIpc) is 2.78. The number of nitro benzene ring substituents is 1. The zero-order valence-electron chi connectivity index (χ0n) is 16.1. The van der Waals surface area contributed by atoms with Gasteiger partial charge in [-0.1, -0.05) is 12.1 Å². The van der Waals surface area contributed by atoms with Crippen LogP contribution in [-0.4, -0.2) is 24.2 Å². The predicted octanol–water partition coefficient (Wildman–Crippen LogP) is 3.95. The number of nitro groups is 1. The molecule has 0 heterocycles. The standard InChI is InChI=1S/C22H19N3O5/c1-29-21-5-3-2-4-20(21)22(26)24-23-14-16-8-12-19(13-9-16)30-15-17-6-10-18(11-7-17)25(27)28/h2-14H,15H2,1H3,(H,24,26)/b23-14+. The number of carbonyl (C=O) groups is 1. The Bertz CT molecular complexity index is 1050. The third-order valence-electron chi connectivity index (χ3n) is 4.16. The minimum absolute atomic E-state index is 0.0418. The molecule has 1 amide bonds. The maximum atomic E-state index is 12.2. The molecule has 30 heavy (non-hydrogen) atoms. The number of ether oxygens (including phenoxy) is 2. The Kier molecular flexibility index (Phi) is 6.73. The van der Waals surface area contributed by atoms with E-state index < -0.39 is 4.92 Å². The van der Waals surface area contributed by atoms with Crippen molar-refractivity contribution in [3.05, 3.63) is 99.6 Å². The molecule has 1 N–H and O–H groups in total. The zero-order valence-corrected chi connectivity index (χ0v) is 16.1. The topological polar surface area (TPSA) is 103 Å². The summed E-state index contributed by atoms with van der Waals surface area (Å²) in [5.74, 6) is 0.745. The number of para-hydroxylation sites is 1. The molecule has 0 aliphatic carbocycles. The molecule has 8 nitrogen and oxygen atoms in total. The van der Waals surface area contributed by atoms with Crippen LogP contribution in [0.3, 0.4) is 0 Å². The monoisotopic (exact) mass is 405 g/mol. The van der Waals surface area contributed by atoms with E-state index in [1.807, 2.05) is 0 Å². The number of nitrogens with zero attached hydrogens (tertiary/aromatic N) is 2. The van der Waals surface area contributed by atoms with Gasteiger partial charge in [0.1, 0.15) is 18.1 Å². The summed E-state index contributed by atoms with van der Waals surface area (Å²) in [6, 6.07) is 20.2. The Hall–Kier alpha value is -4.20. The van der Waals surface area contributed by atoms with Crippen molar-refractivity contribution in [2.24, 2.45) is 5.10 Å². The maximum absolute atomic E-state index is 12.2. The van der Waals surface area contributed by atoms with Gasteiger partial charge in [0.2, 0.25) is 0 Å². The number of hydrogen-bond donors (Lipinski definition) is 1. The van der Waals surface area contributed by atoms with Crippen molar-refractivity contribution in [3.8, 4) is 11.5 Å². The molecule has 0 saturated carbocycles. The molecule has 0 saturated heterocycles. The molecule has 0 fully saturated rings. The Morgan fingerprint density at radius 1 is 1.07 bits per heavy atom. The number of benzene rings is 3. The van der Waals surface area contributed by atoms with E-state index in [-0.39, 0.29) is 11.6 Å². The quantitative estimate of drug-likeness (QED) is 0.347. The second kappa shape index (κ2) is 9.83. The van der Waals surface area contributed by atoms with Crippen molar-refractivity contribution >= 4 is 17.8 Å². The van der Waals surface area contributed by atoms with E-state index in [4.69, 9.17) is 9.47 Å². The highest BCUT2D eigenvalue weighted by Crippen LogP contribution is 2.17. The van der Waals surface area contributed by atoms with Crippen molar-refractivity contribution in [1.82, 2.24) is 5.43 Å². The SMILES string of the molecule is COc1ccccc1C(=O)N/N=C/c1ccc(OCc2ccc([N+](=O)[O-])cc2)cc1. The number of hydrogen-bond acceptors (Lipinski definition) is 6. The van der Waals surface area contributed by atoms with E-state index in [1.165, 1.54) is 25.5 Å². The Labute approximate surface area is 172 Å².